The molecule has 1 aromatic rings. The Balaban J connectivity index is 2.38. The van der Waals surface area contributed by atoms with Crippen LogP contribution in [-0.4, -0.2) is 41.2 Å². The molecule has 0 aliphatic heterocycles. The molecule has 0 saturated carbocycles. The number of hydrogen-bond donors (Lipinski definition) is 2. The molecule has 0 heterocycles. The number of nitro benzene ring substituents is 1. The van der Waals surface area contributed by atoms with Gasteiger partial charge in [0, 0.05) is 23.6 Å². The molecule has 2 N–H and O–H groups in total. The van der Waals surface area contributed by atoms with Gasteiger partial charge in [-0.25, -0.2) is 4.79 Å². The van der Waals surface area contributed by atoms with Crippen LogP contribution in [0, 0.1) is 16.0 Å². The van der Waals surface area contributed by atoms with E-state index in [-0.39, 0.29) is 11.6 Å². The lowest BCUT2D eigenvalue weighted by Crippen LogP contribution is -2.42. The first kappa shape index (κ1) is 21.4. The molecule has 1 unspecified atom stereocenters. The van der Waals surface area contributed by atoms with E-state index in [4.69, 9.17) is 4.74 Å². The number of hydrogen-bond acceptors (Lipinski definition) is 7. The van der Waals surface area contributed by atoms with Gasteiger partial charge in [0.05, 0.1) is 4.92 Å². The van der Waals surface area contributed by atoms with E-state index in [9.17, 15) is 24.5 Å². The van der Waals surface area contributed by atoms with E-state index in [1.807, 2.05) is 13.8 Å². The lowest BCUT2D eigenvalue weighted by molar-refractivity contribution is -0.384. The summed E-state index contributed by atoms with van der Waals surface area (Å²) in [6.07, 6.45) is 0. The van der Waals surface area contributed by atoms with Gasteiger partial charge in [-0.05, 0) is 25.0 Å². The average Bonchev–Trinajstić information content (AvgIpc) is 2.58. The van der Waals surface area contributed by atoms with Gasteiger partial charge in [0.25, 0.3) is 11.6 Å². The van der Waals surface area contributed by atoms with Gasteiger partial charge in [-0.15, -0.1) is 11.8 Å². The first-order valence-electron chi connectivity index (χ1n) is 7.84. The highest BCUT2D eigenvalue weighted by molar-refractivity contribution is 8.00. The molecule has 1 rings (SSSR count). The smallest absolute Gasteiger partial charge is 0.321 e. The normalized spacial score (nSPS) is 11.5. The molecular weight excluding hydrogens is 362 g/mol. The highest BCUT2D eigenvalue weighted by Crippen LogP contribution is 2.25. The monoisotopic (exact) mass is 383 g/mol. The molecule has 0 spiro atoms. The third-order valence-corrected chi connectivity index (χ3v) is 4.05. The fourth-order valence-electron chi connectivity index (χ4n) is 1.66. The summed E-state index contributed by atoms with van der Waals surface area (Å²) in [6, 6.07) is 5.08. The second kappa shape index (κ2) is 10.4. The van der Waals surface area contributed by atoms with Crippen LogP contribution < -0.4 is 10.6 Å². The Hall–Kier alpha value is -2.62. The van der Waals surface area contributed by atoms with Crippen molar-refractivity contribution in [1.29, 1.82) is 0 Å². The molecule has 0 bridgehead atoms. The van der Waals surface area contributed by atoms with Crippen LogP contribution >= 0.6 is 11.8 Å². The van der Waals surface area contributed by atoms with Crippen LogP contribution in [-0.2, 0) is 14.3 Å². The van der Waals surface area contributed by atoms with Crippen LogP contribution in [0.4, 0.5) is 10.5 Å². The van der Waals surface area contributed by atoms with Crippen LogP contribution in [0.2, 0.25) is 0 Å². The second-order valence-corrected chi connectivity index (χ2v) is 7.19. The summed E-state index contributed by atoms with van der Waals surface area (Å²) in [4.78, 5) is 45.6. The van der Waals surface area contributed by atoms with E-state index in [1.54, 1.807) is 6.92 Å². The number of carbonyl (C=O) groups excluding carboxylic acids is 3. The van der Waals surface area contributed by atoms with Gasteiger partial charge >= 0.3 is 12.0 Å². The molecule has 10 heteroatoms. The van der Waals surface area contributed by atoms with Crippen molar-refractivity contribution in [3.8, 4) is 0 Å². The Kier molecular flexibility index (Phi) is 8.56. The molecule has 3 amide bonds. The number of nitrogens with one attached hydrogen (secondary N) is 2. The Bertz CT molecular complexity index is 662. The number of carbonyl (C=O) groups is 3. The van der Waals surface area contributed by atoms with Crippen LogP contribution in [0.25, 0.3) is 0 Å². The van der Waals surface area contributed by atoms with Crippen molar-refractivity contribution in [3.05, 3.63) is 34.4 Å². The Labute approximate surface area is 155 Å². The summed E-state index contributed by atoms with van der Waals surface area (Å²) >= 11 is 1.14. The van der Waals surface area contributed by atoms with Crippen LogP contribution in [0.1, 0.15) is 20.8 Å². The molecule has 1 aromatic carbocycles. The van der Waals surface area contributed by atoms with Crippen molar-refractivity contribution in [2.24, 2.45) is 5.92 Å². The number of benzene rings is 1. The van der Waals surface area contributed by atoms with Crippen molar-refractivity contribution >= 4 is 35.4 Å². The van der Waals surface area contributed by atoms with Crippen LogP contribution in [0.3, 0.4) is 0 Å². The Morgan fingerprint density at radius 1 is 1.19 bits per heavy atom. The zero-order valence-electron chi connectivity index (χ0n) is 14.7. The van der Waals surface area contributed by atoms with E-state index in [0.717, 1.165) is 11.8 Å². The number of thioether (sulfide) groups is 1. The topological polar surface area (TPSA) is 128 Å². The van der Waals surface area contributed by atoms with Crippen LogP contribution in [0.5, 0.6) is 0 Å². The lowest BCUT2D eigenvalue weighted by Gasteiger charge is -2.12. The summed E-state index contributed by atoms with van der Waals surface area (Å²) in [5, 5.41) is 14.5. The fourth-order valence-corrected chi connectivity index (χ4v) is 2.52. The van der Waals surface area contributed by atoms with E-state index in [1.165, 1.54) is 24.3 Å². The van der Waals surface area contributed by atoms with Crippen molar-refractivity contribution in [2.75, 3.05) is 13.2 Å². The first-order valence-corrected chi connectivity index (χ1v) is 8.72. The SMILES string of the molecule is CC(C)CNC(=O)NC(=O)COC(=O)C(C)Sc1ccc([N+](=O)[O-])cc1. The minimum atomic E-state index is -0.729. The highest BCUT2D eigenvalue weighted by atomic mass is 32.2. The molecule has 26 heavy (non-hydrogen) atoms. The summed E-state index contributed by atoms with van der Waals surface area (Å²) in [5.41, 5.74) is -0.0444. The fraction of sp³-hybridized carbons (Fsp3) is 0.438. The van der Waals surface area contributed by atoms with E-state index >= 15 is 0 Å². The number of amides is 3. The number of ether oxygens (including phenoxy) is 1. The third kappa shape index (κ3) is 7.97. The van der Waals surface area contributed by atoms with Crippen molar-refractivity contribution in [2.45, 2.75) is 30.9 Å². The lowest BCUT2D eigenvalue weighted by atomic mass is 10.2. The predicted octanol–water partition coefficient (Wildman–Crippen LogP) is 2.10. The van der Waals surface area contributed by atoms with Gasteiger partial charge in [-0.3, -0.25) is 25.0 Å². The summed E-state index contributed by atoms with van der Waals surface area (Å²) in [5.74, 6) is -1.12. The van der Waals surface area contributed by atoms with Crippen LogP contribution in [0.15, 0.2) is 29.2 Å². The molecule has 0 saturated heterocycles. The zero-order chi connectivity index (χ0) is 19.7. The van der Waals surface area contributed by atoms with Crippen molar-refractivity contribution < 1.29 is 24.0 Å². The summed E-state index contributed by atoms with van der Waals surface area (Å²) in [6.45, 7) is 5.25. The standard InChI is InChI=1S/C16H21N3O6S/c1-10(2)8-17-16(22)18-14(20)9-25-15(21)11(3)26-13-6-4-12(5-7-13)19(23)24/h4-7,10-11H,8-9H2,1-3H3,(H2,17,18,20,22). The van der Waals surface area contributed by atoms with Crippen molar-refractivity contribution in [3.63, 3.8) is 0 Å². The average molecular weight is 383 g/mol. The second-order valence-electron chi connectivity index (χ2n) is 5.77. The molecule has 142 valence electrons. The van der Waals surface area contributed by atoms with Gasteiger partial charge in [-0.2, -0.15) is 0 Å². The van der Waals surface area contributed by atoms with Gasteiger partial charge in [0.1, 0.15) is 5.25 Å². The number of urea groups is 1. The Morgan fingerprint density at radius 2 is 1.81 bits per heavy atom. The van der Waals surface area contributed by atoms with Gasteiger partial charge in [0.15, 0.2) is 6.61 Å². The number of non-ortho nitro benzene ring substituents is 1. The largest absolute Gasteiger partial charge is 0.455 e. The maximum atomic E-state index is 11.9. The molecule has 0 radical (unpaired) electrons. The van der Waals surface area contributed by atoms with Crippen molar-refractivity contribution in [1.82, 2.24) is 10.6 Å². The number of rotatable bonds is 8. The van der Waals surface area contributed by atoms with Gasteiger partial charge in [0.2, 0.25) is 0 Å². The quantitative estimate of drug-likeness (QED) is 0.304. The number of esters is 1. The molecule has 0 aliphatic rings. The molecule has 1 atom stereocenters. The first-order chi connectivity index (χ1) is 12.2. The Morgan fingerprint density at radius 3 is 2.35 bits per heavy atom. The number of nitrogens with zero attached hydrogens (tertiary/aromatic N) is 1. The number of nitro groups is 1. The molecule has 0 aliphatic carbocycles. The molecule has 9 nitrogen and oxygen atoms in total. The summed E-state index contributed by atoms with van der Waals surface area (Å²) in [7, 11) is 0. The van der Waals surface area contributed by atoms with Gasteiger partial charge in [-0.1, -0.05) is 13.8 Å². The van der Waals surface area contributed by atoms with E-state index in [0.29, 0.717) is 11.4 Å². The van der Waals surface area contributed by atoms with Gasteiger partial charge < -0.3 is 10.1 Å². The maximum Gasteiger partial charge on any atom is 0.321 e. The molecule has 0 aromatic heterocycles. The summed E-state index contributed by atoms with van der Waals surface area (Å²) < 4.78 is 4.87. The van der Waals surface area contributed by atoms with E-state index in [2.05, 4.69) is 10.6 Å². The third-order valence-electron chi connectivity index (χ3n) is 2.96. The molecule has 0 fully saturated rings. The molecular formula is C16H21N3O6S. The zero-order valence-corrected chi connectivity index (χ0v) is 15.5. The minimum Gasteiger partial charge on any atom is -0.455 e. The predicted molar refractivity (Wildman–Crippen MR) is 95.8 cm³/mol. The minimum absolute atomic E-state index is 0.0444. The highest BCUT2D eigenvalue weighted by Gasteiger charge is 2.18. The maximum absolute atomic E-state index is 11.9. The van der Waals surface area contributed by atoms with E-state index < -0.39 is 34.7 Å². The number of imide groups is 1.